The highest BCUT2D eigenvalue weighted by atomic mass is 32.1. The number of aliphatic hydroxyl groups excluding tert-OH is 1. The lowest BCUT2D eigenvalue weighted by Gasteiger charge is -2.37. The molecule has 2 saturated heterocycles. The predicted octanol–water partition coefficient (Wildman–Crippen LogP) is 7.36. The Morgan fingerprint density at radius 2 is 1.84 bits per heavy atom. The van der Waals surface area contributed by atoms with Crippen molar-refractivity contribution < 1.29 is 23.8 Å². The van der Waals surface area contributed by atoms with Gasteiger partial charge in [-0.1, -0.05) is 51.6 Å². The summed E-state index contributed by atoms with van der Waals surface area (Å²) >= 11 is 1.62. The van der Waals surface area contributed by atoms with Crippen LogP contribution in [0.2, 0.25) is 0 Å². The Kier molecular flexibility index (Phi) is 12.4. The van der Waals surface area contributed by atoms with Crippen LogP contribution >= 0.6 is 11.3 Å². The molecule has 298 valence electrons. The van der Waals surface area contributed by atoms with E-state index in [9.17, 15) is 19.1 Å². The minimum Gasteiger partial charge on any atom is -0.496 e. The topological polar surface area (TPSA) is 147 Å². The largest absolute Gasteiger partial charge is 0.496 e. The molecule has 2 aliphatic rings. The van der Waals surface area contributed by atoms with Gasteiger partial charge in [0, 0.05) is 62.1 Å². The van der Waals surface area contributed by atoms with Crippen molar-refractivity contribution in [1.29, 1.82) is 0 Å². The molecule has 0 unspecified atom stereocenters. The molecule has 2 aromatic carbocycles. The van der Waals surface area contributed by atoms with Crippen molar-refractivity contribution in [3.05, 3.63) is 83.4 Å². The van der Waals surface area contributed by atoms with Crippen LogP contribution in [0.25, 0.3) is 21.7 Å². The number of nitrogens with two attached hydrogens (primary N) is 1. The van der Waals surface area contributed by atoms with Gasteiger partial charge >= 0.3 is 0 Å². The maximum atomic E-state index is 14.4. The normalized spacial score (nSPS) is 18.8. The summed E-state index contributed by atoms with van der Waals surface area (Å²) in [4.78, 5) is 37.5. The lowest BCUT2D eigenvalue weighted by molar-refractivity contribution is -0.142. The van der Waals surface area contributed by atoms with Crippen molar-refractivity contribution in [3.63, 3.8) is 0 Å². The van der Waals surface area contributed by atoms with E-state index in [1.807, 2.05) is 33.2 Å². The van der Waals surface area contributed by atoms with E-state index in [1.165, 1.54) is 19.2 Å². The van der Waals surface area contributed by atoms with Gasteiger partial charge in [0.1, 0.15) is 17.3 Å². The summed E-state index contributed by atoms with van der Waals surface area (Å²) in [6.45, 7) is 15.9. The summed E-state index contributed by atoms with van der Waals surface area (Å²) in [6.07, 6.45) is 1.73. The second kappa shape index (κ2) is 17.1. The number of rotatable bonds is 13. The Morgan fingerprint density at radius 1 is 1.12 bits per heavy atom. The molecule has 0 saturated carbocycles. The van der Waals surface area contributed by atoms with Gasteiger partial charge in [0.15, 0.2) is 5.82 Å². The number of benzene rings is 2. The zero-order valence-electron chi connectivity index (χ0n) is 33.2. The number of Topliss-reactive ketones (excluding diaryl/α,β-unsaturated/α-hetero) is 1. The summed E-state index contributed by atoms with van der Waals surface area (Å²) in [6, 6.07) is 13.9. The number of aryl methyl sites for hydroxylation is 1. The fourth-order valence-electron chi connectivity index (χ4n) is 7.98. The van der Waals surface area contributed by atoms with Crippen LogP contribution in [0.4, 0.5) is 15.9 Å². The number of hydrogen-bond donors (Lipinski definition) is 3. The molecule has 1 amide bonds. The fourth-order valence-corrected chi connectivity index (χ4v) is 8.79. The van der Waals surface area contributed by atoms with Gasteiger partial charge in [-0.2, -0.15) is 0 Å². The first-order valence-electron chi connectivity index (χ1n) is 19.3. The van der Waals surface area contributed by atoms with Gasteiger partial charge in [-0.05, 0) is 73.4 Å². The number of thiazole rings is 1. The maximum absolute atomic E-state index is 14.4. The number of nitrogens with one attached hydrogen (secondary N) is 1. The average Bonchev–Trinajstić information content (AvgIpc) is 3.79. The number of nitrogen functional groups attached to an aromatic ring is 1. The molecule has 4 heterocycles. The van der Waals surface area contributed by atoms with Crippen LogP contribution < -0.4 is 20.7 Å². The van der Waals surface area contributed by atoms with Crippen molar-refractivity contribution in [2.24, 2.45) is 17.3 Å². The van der Waals surface area contributed by atoms with Gasteiger partial charge in [0.2, 0.25) is 5.91 Å². The van der Waals surface area contributed by atoms with Crippen molar-refractivity contribution in [3.8, 4) is 27.4 Å². The van der Waals surface area contributed by atoms with Crippen LogP contribution in [0, 0.1) is 30.0 Å². The first-order chi connectivity index (χ1) is 26.6. The minimum absolute atomic E-state index is 0.0566. The van der Waals surface area contributed by atoms with E-state index in [2.05, 4.69) is 63.2 Å². The molecule has 6 rings (SSSR count). The molecule has 0 spiro atoms. The molecule has 2 fully saturated rings. The number of amides is 1. The third-order valence-electron chi connectivity index (χ3n) is 11.3. The van der Waals surface area contributed by atoms with E-state index < -0.39 is 29.3 Å². The number of ketones is 1. The summed E-state index contributed by atoms with van der Waals surface area (Å²) in [5.41, 5.74) is 13.2. The standard InChI is InChI=1S/C43H54FN7O4S/c1-25(29-8-10-30(11-9-29)40-27(3)46-24-56-40)47-26(2)37-21-33(53)23-51(37)42(54)35(43(4,5)6)20-32(52)18-28-14-16-50(17-15-28)38-22-36(48-49-41(38)45)34-19-31(44)12-13-39(34)55-7/h8-13,19,22,24-25,28,33,35,37,47,53H,2,14-18,20-21,23H2,1,3-7H3,(H2,45,49)/t25-,33+,35+,37-/m0/s1. The van der Waals surface area contributed by atoms with Gasteiger partial charge in [-0.3, -0.25) is 9.59 Å². The van der Waals surface area contributed by atoms with Crippen LogP contribution in [-0.4, -0.2) is 75.8 Å². The molecule has 2 aromatic heterocycles. The molecule has 11 nitrogen and oxygen atoms in total. The van der Waals surface area contributed by atoms with Crippen LogP contribution in [0.15, 0.2) is 66.3 Å². The maximum Gasteiger partial charge on any atom is 0.227 e. The Balaban J connectivity index is 1.06. The number of ether oxygens (including phenoxy) is 1. The molecule has 56 heavy (non-hydrogen) atoms. The van der Waals surface area contributed by atoms with Gasteiger partial charge < -0.3 is 30.7 Å². The molecule has 4 aromatic rings. The smallest absolute Gasteiger partial charge is 0.227 e. The Hall–Kier alpha value is -4.88. The van der Waals surface area contributed by atoms with E-state index >= 15 is 0 Å². The van der Waals surface area contributed by atoms with Gasteiger partial charge in [-0.25, -0.2) is 9.37 Å². The van der Waals surface area contributed by atoms with E-state index in [0.717, 1.165) is 34.5 Å². The number of likely N-dealkylation sites (tertiary alicyclic amines) is 1. The lowest BCUT2D eigenvalue weighted by Crippen LogP contribution is -2.47. The molecular formula is C43H54FN7O4S. The minimum atomic E-state index is -0.683. The second-order valence-electron chi connectivity index (χ2n) is 16.3. The van der Waals surface area contributed by atoms with Crippen molar-refractivity contribution in [2.45, 2.75) is 84.9 Å². The summed E-state index contributed by atoms with van der Waals surface area (Å²) in [5.74, 6) is -0.132. The predicted molar refractivity (Wildman–Crippen MR) is 220 cm³/mol. The van der Waals surface area contributed by atoms with Gasteiger partial charge in [0.25, 0.3) is 0 Å². The zero-order chi connectivity index (χ0) is 40.3. The number of halogens is 1. The third kappa shape index (κ3) is 9.21. The molecule has 0 radical (unpaired) electrons. The number of carbonyl (C=O) groups is 2. The van der Waals surface area contributed by atoms with Crippen LogP contribution in [0.5, 0.6) is 5.75 Å². The van der Waals surface area contributed by atoms with Crippen LogP contribution in [0.3, 0.4) is 0 Å². The fraction of sp³-hybridized carbons (Fsp3) is 0.465. The average molecular weight is 784 g/mol. The number of aromatic nitrogens is 3. The van der Waals surface area contributed by atoms with E-state index in [1.54, 1.807) is 28.4 Å². The number of methoxy groups -OCH3 is 1. The van der Waals surface area contributed by atoms with Crippen molar-refractivity contribution >= 4 is 34.5 Å². The second-order valence-corrected chi connectivity index (χ2v) is 17.2. The summed E-state index contributed by atoms with van der Waals surface area (Å²) < 4.78 is 19.5. The van der Waals surface area contributed by atoms with E-state index in [0.29, 0.717) is 54.3 Å². The molecule has 13 heteroatoms. The molecule has 0 aliphatic carbocycles. The number of piperidine rings is 1. The van der Waals surface area contributed by atoms with Gasteiger partial charge in [-0.15, -0.1) is 21.5 Å². The highest BCUT2D eigenvalue weighted by Gasteiger charge is 2.43. The number of anilines is 2. The highest BCUT2D eigenvalue weighted by Crippen LogP contribution is 2.38. The first kappa shape index (κ1) is 40.8. The summed E-state index contributed by atoms with van der Waals surface area (Å²) in [5, 5.41) is 22.7. The molecule has 4 atom stereocenters. The molecule has 2 aliphatic heterocycles. The number of carbonyl (C=O) groups excluding carboxylic acids is 2. The number of β-amino-alcohol motifs (C(OH)–C–C–N with tert-alkyl or cyclic N) is 1. The molecular weight excluding hydrogens is 730 g/mol. The zero-order valence-corrected chi connectivity index (χ0v) is 34.0. The number of hydrogen-bond acceptors (Lipinski definition) is 11. The SMILES string of the molecule is C=C(N[C@@H](C)c1ccc(-c2scnc2C)cc1)[C@@H]1C[C@@H](O)CN1C(=O)[C@@H](CC(=O)CC1CCN(c2cc(-c3cc(F)ccc3OC)nnc2N)CC1)C(C)(C)C. The van der Waals surface area contributed by atoms with Crippen molar-refractivity contribution in [1.82, 2.24) is 25.4 Å². The third-order valence-corrected chi connectivity index (χ3v) is 12.2. The molecule has 4 N–H and O–H groups in total. The van der Waals surface area contributed by atoms with E-state index in [-0.39, 0.29) is 42.4 Å². The quantitative estimate of drug-likeness (QED) is 0.126. The Bertz CT molecular complexity index is 2040. The molecule has 0 bridgehead atoms. The van der Waals surface area contributed by atoms with Gasteiger partial charge in [0.05, 0.1) is 46.7 Å². The first-order valence-corrected chi connectivity index (χ1v) is 20.2. The highest BCUT2D eigenvalue weighted by molar-refractivity contribution is 7.13. The Labute approximate surface area is 333 Å². The summed E-state index contributed by atoms with van der Waals surface area (Å²) in [7, 11) is 1.52. The van der Waals surface area contributed by atoms with E-state index in [4.69, 9.17) is 10.5 Å². The van der Waals surface area contributed by atoms with Crippen LogP contribution in [0.1, 0.15) is 77.1 Å². The number of aliphatic hydroxyl groups is 1. The van der Waals surface area contributed by atoms with Crippen LogP contribution in [-0.2, 0) is 9.59 Å². The number of nitrogens with zero attached hydrogens (tertiary/aromatic N) is 5. The monoisotopic (exact) mass is 783 g/mol. The van der Waals surface area contributed by atoms with Crippen molar-refractivity contribution in [2.75, 3.05) is 37.4 Å². The lowest BCUT2D eigenvalue weighted by atomic mass is 9.75. The Morgan fingerprint density at radius 3 is 2.48 bits per heavy atom.